The van der Waals surface area contributed by atoms with Gasteiger partial charge in [-0.3, -0.25) is 5.43 Å². The van der Waals surface area contributed by atoms with Crippen molar-refractivity contribution in [2.75, 3.05) is 33.2 Å². The topological polar surface area (TPSA) is 27.3 Å². The van der Waals surface area contributed by atoms with Gasteiger partial charge in [0.25, 0.3) is 0 Å². The minimum atomic E-state index is 0.693. The lowest BCUT2D eigenvalue weighted by molar-refractivity contribution is 0.0511. The smallest absolute Gasteiger partial charge is 0.0136 e. The predicted octanol–water partition coefficient (Wildman–Crippen LogP) is 0.586. The molecule has 0 saturated carbocycles. The molecule has 2 rings (SSSR count). The Morgan fingerprint density at radius 2 is 1.69 bits per heavy atom. The predicted molar refractivity (Wildman–Crippen MR) is 54.4 cm³/mol. The van der Waals surface area contributed by atoms with Crippen LogP contribution in [0.5, 0.6) is 0 Å². The van der Waals surface area contributed by atoms with Crippen molar-refractivity contribution in [3.05, 3.63) is 0 Å². The number of hydrazine groups is 1. The Hall–Kier alpha value is -0.120. The van der Waals surface area contributed by atoms with Crippen LogP contribution in [-0.2, 0) is 0 Å². The Morgan fingerprint density at radius 3 is 2.23 bits per heavy atom. The van der Waals surface area contributed by atoms with Crippen LogP contribution in [0.3, 0.4) is 0 Å². The lowest BCUT2D eigenvalue weighted by Crippen LogP contribution is -2.48. The second-order valence-corrected chi connectivity index (χ2v) is 4.46. The van der Waals surface area contributed by atoms with Crippen molar-refractivity contribution in [3.63, 3.8) is 0 Å². The van der Waals surface area contributed by atoms with E-state index in [1.807, 2.05) is 7.05 Å². The van der Waals surface area contributed by atoms with Crippen LogP contribution in [0, 0.1) is 5.41 Å². The first kappa shape index (κ1) is 9.44. The van der Waals surface area contributed by atoms with Gasteiger partial charge in [-0.15, -0.1) is 0 Å². The summed E-state index contributed by atoms with van der Waals surface area (Å²) in [5.74, 6) is 0. The molecule has 1 spiro atoms. The third-order valence-corrected chi connectivity index (χ3v) is 3.80. The summed E-state index contributed by atoms with van der Waals surface area (Å²) in [6.45, 7) is 4.94. The lowest BCUT2D eigenvalue weighted by Gasteiger charge is -2.44. The molecular weight excluding hydrogens is 162 g/mol. The first-order chi connectivity index (χ1) is 6.35. The summed E-state index contributed by atoms with van der Waals surface area (Å²) in [6, 6.07) is 0. The van der Waals surface area contributed by atoms with Crippen molar-refractivity contribution in [1.82, 2.24) is 15.8 Å². The average molecular weight is 183 g/mol. The minimum Gasteiger partial charge on any atom is -0.317 e. The van der Waals surface area contributed by atoms with Crippen LogP contribution < -0.4 is 10.7 Å². The van der Waals surface area contributed by atoms with Gasteiger partial charge in [0.1, 0.15) is 0 Å². The van der Waals surface area contributed by atoms with Crippen LogP contribution in [0.1, 0.15) is 25.7 Å². The fourth-order valence-corrected chi connectivity index (χ4v) is 2.66. The molecule has 2 aliphatic heterocycles. The largest absolute Gasteiger partial charge is 0.317 e. The fraction of sp³-hybridized carbons (Fsp3) is 1.00. The first-order valence-electron chi connectivity index (χ1n) is 5.48. The molecule has 2 heterocycles. The highest BCUT2D eigenvalue weighted by Crippen LogP contribution is 2.38. The van der Waals surface area contributed by atoms with Crippen LogP contribution in [0.15, 0.2) is 0 Å². The minimum absolute atomic E-state index is 0.693. The van der Waals surface area contributed by atoms with Gasteiger partial charge in [-0.25, -0.2) is 5.01 Å². The van der Waals surface area contributed by atoms with Gasteiger partial charge in [0.15, 0.2) is 0 Å². The Balaban J connectivity index is 1.87. The van der Waals surface area contributed by atoms with Crippen molar-refractivity contribution < 1.29 is 0 Å². The van der Waals surface area contributed by atoms with E-state index >= 15 is 0 Å². The van der Waals surface area contributed by atoms with E-state index in [2.05, 4.69) is 15.8 Å². The van der Waals surface area contributed by atoms with Gasteiger partial charge >= 0.3 is 0 Å². The first-order valence-corrected chi connectivity index (χ1v) is 5.48. The summed E-state index contributed by atoms with van der Waals surface area (Å²) in [5.41, 5.74) is 3.94. The summed E-state index contributed by atoms with van der Waals surface area (Å²) in [6.07, 6.45) is 5.56. The van der Waals surface area contributed by atoms with Crippen molar-refractivity contribution in [1.29, 1.82) is 0 Å². The number of rotatable bonds is 1. The van der Waals surface area contributed by atoms with E-state index in [0.29, 0.717) is 5.41 Å². The molecule has 76 valence electrons. The van der Waals surface area contributed by atoms with Crippen molar-refractivity contribution in [3.8, 4) is 0 Å². The quantitative estimate of drug-likeness (QED) is 0.623. The Labute approximate surface area is 80.8 Å². The molecule has 2 aliphatic rings. The van der Waals surface area contributed by atoms with Gasteiger partial charge < -0.3 is 5.32 Å². The van der Waals surface area contributed by atoms with E-state index in [1.165, 1.54) is 51.9 Å². The summed E-state index contributed by atoms with van der Waals surface area (Å²) >= 11 is 0. The van der Waals surface area contributed by atoms with Crippen molar-refractivity contribution >= 4 is 0 Å². The zero-order valence-electron chi connectivity index (χ0n) is 8.60. The van der Waals surface area contributed by atoms with E-state index < -0.39 is 0 Å². The molecule has 2 N–H and O–H groups in total. The molecule has 3 nitrogen and oxygen atoms in total. The van der Waals surface area contributed by atoms with Crippen LogP contribution in [0.25, 0.3) is 0 Å². The molecule has 0 radical (unpaired) electrons. The van der Waals surface area contributed by atoms with Gasteiger partial charge in [-0.05, 0) is 51.2 Å². The SMILES string of the molecule is CNN1CCC2(CCNCC2)CC1. The van der Waals surface area contributed by atoms with E-state index in [1.54, 1.807) is 0 Å². The summed E-state index contributed by atoms with van der Waals surface area (Å²) in [5, 5.41) is 5.79. The number of hydrogen-bond acceptors (Lipinski definition) is 3. The molecular formula is C10H21N3. The third-order valence-electron chi connectivity index (χ3n) is 3.80. The molecule has 0 bridgehead atoms. The van der Waals surface area contributed by atoms with E-state index in [4.69, 9.17) is 0 Å². The molecule has 2 saturated heterocycles. The Kier molecular flexibility index (Phi) is 2.86. The fourth-order valence-electron chi connectivity index (χ4n) is 2.66. The zero-order valence-corrected chi connectivity index (χ0v) is 8.60. The molecule has 2 fully saturated rings. The maximum atomic E-state index is 3.45. The highest BCUT2D eigenvalue weighted by molar-refractivity contribution is 4.88. The maximum Gasteiger partial charge on any atom is 0.0136 e. The second kappa shape index (κ2) is 3.95. The Bertz CT molecular complexity index is 154. The van der Waals surface area contributed by atoms with E-state index in [0.717, 1.165) is 0 Å². The van der Waals surface area contributed by atoms with Gasteiger partial charge in [0, 0.05) is 13.1 Å². The average Bonchev–Trinajstić information content (AvgIpc) is 2.20. The number of nitrogens with one attached hydrogen (secondary N) is 2. The van der Waals surface area contributed by atoms with Crippen molar-refractivity contribution in [2.45, 2.75) is 25.7 Å². The molecule has 0 aliphatic carbocycles. The standard InChI is InChI=1S/C10H21N3/c1-11-13-8-4-10(5-9-13)2-6-12-7-3-10/h11-12H,2-9H2,1H3. The monoisotopic (exact) mass is 183 g/mol. The molecule has 0 unspecified atom stereocenters. The van der Waals surface area contributed by atoms with E-state index in [9.17, 15) is 0 Å². The van der Waals surface area contributed by atoms with Crippen molar-refractivity contribution in [2.24, 2.45) is 5.41 Å². The normalized spacial score (nSPS) is 29.3. The summed E-state index contributed by atoms with van der Waals surface area (Å²) in [7, 11) is 2.03. The third kappa shape index (κ3) is 2.03. The molecule has 0 amide bonds. The molecule has 0 atom stereocenters. The van der Waals surface area contributed by atoms with Crippen LogP contribution in [0.4, 0.5) is 0 Å². The molecule has 13 heavy (non-hydrogen) atoms. The lowest BCUT2D eigenvalue weighted by atomic mass is 9.72. The van der Waals surface area contributed by atoms with E-state index in [-0.39, 0.29) is 0 Å². The van der Waals surface area contributed by atoms with Gasteiger partial charge in [0.05, 0.1) is 0 Å². The molecule has 0 aromatic rings. The maximum absolute atomic E-state index is 3.45. The van der Waals surface area contributed by atoms with Crippen LogP contribution in [0.2, 0.25) is 0 Å². The highest BCUT2D eigenvalue weighted by Gasteiger charge is 2.34. The number of nitrogens with zero attached hydrogens (tertiary/aromatic N) is 1. The Morgan fingerprint density at radius 1 is 1.08 bits per heavy atom. The van der Waals surface area contributed by atoms with Crippen LogP contribution in [-0.4, -0.2) is 38.2 Å². The highest BCUT2D eigenvalue weighted by atomic mass is 15.5. The van der Waals surface area contributed by atoms with Gasteiger partial charge in [0.2, 0.25) is 0 Å². The van der Waals surface area contributed by atoms with Gasteiger partial charge in [-0.1, -0.05) is 0 Å². The van der Waals surface area contributed by atoms with Gasteiger partial charge in [-0.2, -0.15) is 0 Å². The van der Waals surface area contributed by atoms with Crippen LogP contribution >= 0.6 is 0 Å². The summed E-state index contributed by atoms with van der Waals surface area (Å²) < 4.78 is 0. The number of piperidine rings is 2. The molecule has 0 aromatic carbocycles. The molecule has 3 heteroatoms. The molecule has 0 aromatic heterocycles. The summed E-state index contributed by atoms with van der Waals surface area (Å²) in [4.78, 5) is 0. The zero-order chi connectivity index (χ0) is 9.15. The number of hydrogen-bond donors (Lipinski definition) is 2. The second-order valence-electron chi connectivity index (χ2n) is 4.46.